The number of nitrogens with zero attached hydrogens (tertiary/aromatic N) is 1. The molecule has 1 aromatic heterocycles. The van der Waals surface area contributed by atoms with E-state index in [4.69, 9.17) is 4.74 Å². The summed E-state index contributed by atoms with van der Waals surface area (Å²) in [5.41, 5.74) is 1.99. The molecule has 0 bridgehead atoms. The van der Waals surface area contributed by atoms with Crippen LogP contribution in [0.25, 0.3) is 0 Å². The topological polar surface area (TPSA) is 63.2 Å². The molecule has 0 aliphatic heterocycles. The number of hydrogen-bond donors (Lipinski definition) is 2. The number of methoxy groups -OCH3 is 1. The average Bonchev–Trinajstić information content (AvgIpc) is 2.93. The number of amides is 2. The fourth-order valence-electron chi connectivity index (χ4n) is 1.65. The Morgan fingerprint density at radius 2 is 2.14 bits per heavy atom. The molecule has 0 radical (unpaired) electrons. The Bertz CT molecular complexity index is 584. The van der Waals surface area contributed by atoms with E-state index in [1.54, 1.807) is 18.9 Å². The number of rotatable bonds is 6. The zero-order valence-electron chi connectivity index (χ0n) is 11.9. The minimum absolute atomic E-state index is 0.254. The summed E-state index contributed by atoms with van der Waals surface area (Å²) in [6, 6.07) is 7.31. The fourth-order valence-corrected chi connectivity index (χ4v) is 2.90. The minimum atomic E-state index is -0.254. The van der Waals surface area contributed by atoms with Gasteiger partial charge in [0.05, 0.1) is 12.8 Å². The van der Waals surface area contributed by atoms with Crippen molar-refractivity contribution >= 4 is 34.3 Å². The van der Waals surface area contributed by atoms with Crippen LogP contribution in [0.3, 0.4) is 0 Å². The number of nitrogens with one attached hydrogen (secondary N) is 2. The zero-order chi connectivity index (χ0) is 15.1. The van der Waals surface area contributed by atoms with Crippen molar-refractivity contribution in [2.45, 2.75) is 12.3 Å². The van der Waals surface area contributed by atoms with Gasteiger partial charge in [0.2, 0.25) is 0 Å². The first-order chi connectivity index (χ1) is 10.2. The number of urea groups is 1. The van der Waals surface area contributed by atoms with E-state index in [9.17, 15) is 4.79 Å². The van der Waals surface area contributed by atoms with Gasteiger partial charge in [-0.3, -0.25) is 5.32 Å². The summed E-state index contributed by atoms with van der Waals surface area (Å²) in [5, 5.41) is 8.10. The standard InChI is InChI=1S/C14H17N3O2S2/c1-19-12-5-3-10(4-6-12)7-15-13(18)17-14-16-11(8-20-2)9-21-14/h3-6,9H,7-8H2,1-2H3,(H2,15,16,17,18). The van der Waals surface area contributed by atoms with Crippen LogP contribution >= 0.6 is 23.1 Å². The molecule has 0 spiro atoms. The molecular formula is C14H17N3O2S2. The van der Waals surface area contributed by atoms with E-state index in [-0.39, 0.29) is 6.03 Å². The molecule has 2 N–H and O–H groups in total. The second-order valence-corrected chi connectivity index (χ2v) is 5.96. The molecule has 0 unspecified atom stereocenters. The van der Waals surface area contributed by atoms with Crippen LogP contribution in [-0.4, -0.2) is 24.4 Å². The summed E-state index contributed by atoms with van der Waals surface area (Å²) in [5.74, 6) is 1.65. The van der Waals surface area contributed by atoms with Gasteiger partial charge in [0.15, 0.2) is 5.13 Å². The Labute approximate surface area is 132 Å². The van der Waals surface area contributed by atoms with Crippen LogP contribution in [0.15, 0.2) is 29.6 Å². The molecule has 0 aliphatic rings. The number of carbonyl (C=O) groups excluding carboxylic acids is 1. The van der Waals surface area contributed by atoms with Gasteiger partial charge in [0.25, 0.3) is 0 Å². The first kappa shape index (κ1) is 15.7. The van der Waals surface area contributed by atoms with Crippen LogP contribution in [0.4, 0.5) is 9.93 Å². The highest BCUT2D eigenvalue weighted by atomic mass is 32.2. The van der Waals surface area contributed by atoms with Crippen LogP contribution < -0.4 is 15.4 Å². The molecule has 112 valence electrons. The van der Waals surface area contributed by atoms with Crippen LogP contribution in [0, 0.1) is 0 Å². The summed E-state index contributed by atoms with van der Waals surface area (Å²) < 4.78 is 5.09. The number of thioether (sulfide) groups is 1. The lowest BCUT2D eigenvalue weighted by molar-refractivity contribution is 0.251. The lowest BCUT2D eigenvalue weighted by atomic mass is 10.2. The van der Waals surface area contributed by atoms with Gasteiger partial charge < -0.3 is 10.1 Å². The van der Waals surface area contributed by atoms with Crippen molar-refractivity contribution in [3.8, 4) is 5.75 Å². The van der Waals surface area contributed by atoms with Gasteiger partial charge in [-0.25, -0.2) is 9.78 Å². The van der Waals surface area contributed by atoms with Crippen molar-refractivity contribution in [3.05, 3.63) is 40.9 Å². The number of ether oxygens (including phenoxy) is 1. The second-order valence-electron chi connectivity index (χ2n) is 4.23. The predicted octanol–water partition coefficient (Wildman–Crippen LogP) is 3.34. The molecule has 7 heteroatoms. The van der Waals surface area contributed by atoms with E-state index >= 15 is 0 Å². The average molecular weight is 323 g/mol. The maximum atomic E-state index is 11.8. The van der Waals surface area contributed by atoms with Gasteiger partial charge in [0.1, 0.15) is 5.75 Å². The van der Waals surface area contributed by atoms with Crippen molar-refractivity contribution in [3.63, 3.8) is 0 Å². The molecule has 2 aromatic rings. The van der Waals surface area contributed by atoms with Gasteiger partial charge in [-0.2, -0.15) is 11.8 Å². The first-order valence-electron chi connectivity index (χ1n) is 6.32. The van der Waals surface area contributed by atoms with E-state index in [1.807, 2.05) is 35.9 Å². The Balaban J connectivity index is 1.80. The van der Waals surface area contributed by atoms with Crippen molar-refractivity contribution < 1.29 is 9.53 Å². The highest BCUT2D eigenvalue weighted by molar-refractivity contribution is 7.97. The van der Waals surface area contributed by atoms with Gasteiger partial charge in [-0.05, 0) is 24.0 Å². The molecule has 5 nitrogen and oxygen atoms in total. The van der Waals surface area contributed by atoms with Crippen molar-refractivity contribution in [1.29, 1.82) is 0 Å². The van der Waals surface area contributed by atoms with Crippen LogP contribution in [0.5, 0.6) is 5.75 Å². The minimum Gasteiger partial charge on any atom is -0.497 e. The molecule has 0 fully saturated rings. The Hall–Kier alpha value is -1.73. The monoisotopic (exact) mass is 323 g/mol. The lowest BCUT2D eigenvalue weighted by Crippen LogP contribution is -2.28. The summed E-state index contributed by atoms with van der Waals surface area (Å²) in [6.07, 6.45) is 2.02. The number of benzene rings is 1. The first-order valence-corrected chi connectivity index (χ1v) is 8.59. The third-order valence-corrected chi connectivity index (χ3v) is 4.07. The van der Waals surface area contributed by atoms with Gasteiger partial charge in [-0.1, -0.05) is 12.1 Å². The maximum Gasteiger partial charge on any atom is 0.321 e. The maximum absolute atomic E-state index is 11.8. The molecule has 1 heterocycles. The van der Waals surface area contributed by atoms with Gasteiger partial charge >= 0.3 is 6.03 Å². The molecule has 0 atom stereocenters. The van der Waals surface area contributed by atoms with Crippen LogP contribution in [-0.2, 0) is 12.3 Å². The van der Waals surface area contributed by atoms with Crippen LogP contribution in [0.1, 0.15) is 11.3 Å². The Morgan fingerprint density at radius 3 is 2.81 bits per heavy atom. The van der Waals surface area contributed by atoms with E-state index < -0.39 is 0 Å². The highest BCUT2D eigenvalue weighted by Crippen LogP contribution is 2.18. The molecule has 21 heavy (non-hydrogen) atoms. The SMILES string of the molecule is COc1ccc(CNC(=O)Nc2nc(CSC)cs2)cc1. The van der Waals surface area contributed by atoms with Crippen molar-refractivity contribution in [2.24, 2.45) is 0 Å². The van der Waals surface area contributed by atoms with Crippen LogP contribution in [0.2, 0.25) is 0 Å². The summed E-state index contributed by atoms with van der Waals surface area (Å²) in [6.45, 7) is 0.457. The lowest BCUT2D eigenvalue weighted by Gasteiger charge is -2.06. The van der Waals surface area contributed by atoms with Crippen molar-refractivity contribution in [1.82, 2.24) is 10.3 Å². The normalized spacial score (nSPS) is 10.2. The Morgan fingerprint density at radius 1 is 1.38 bits per heavy atom. The number of anilines is 1. The largest absolute Gasteiger partial charge is 0.497 e. The molecular weight excluding hydrogens is 306 g/mol. The molecule has 0 saturated carbocycles. The predicted molar refractivity (Wildman–Crippen MR) is 88.2 cm³/mol. The van der Waals surface area contributed by atoms with E-state index in [1.165, 1.54) is 11.3 Å². The molecule has 2 amide bonds. The number of aromatic nitrogens is 1. The number of hydrogen-bond acceptors (Lipinski definition) is 5. The third kappa shape index (κ3) is 4.95. The molecule has 0 aliphatic carbocycles. The van der Waals surface area contributed by atoms with Crippen molar-refractivity contribution in [2.75, 3.05) is 18.7 Å². The van der Waals surface area contributed by atoms with E-state index in [0.717, 1.165) is 22.8 Å². The molecule has 2 rings (SSSR count). The van der Waals surface area contributed by atoms with E-state index in [2.05, 4.69) is 15.6 Å². The Kier molecular flexibility index (Phi) is 5.89. The number of thiazole rings is 1. The smallest absolute Gasteiger partial charge is 0.321 e. The summed E-state index contributed by atoms with van der Waals surface area (Å²) in [4.78, 5) is 16.1. The fraction of sp³-hybridized carbons (Fsp3) is 0.286. The second kappa shape index (κ2) is 7.90. The van der Waals surface area contributed by atoms with E-state index in [0.29, 0.717) is 11.7 Å². The quantitative estimate of drug-likeness (QED) is 0.856. The van der Waals surface area contributed by atoms with Gasteiger partial charge in [0, 0.05) is 17.7 Å². The van der Waals surface area contributed by atoms with Gasteiger partial charge in [-0.15, -0.1) is 11.3 Å². The third-order valence-electron chi connectivity index (χ3n) is 2.68. The summed E-state index contributed by atoms with van der Waals surface area (Å²) in [7, 11) is 1.63. The zero-order valence-corrected chi connectivity index (χ0v) is 13.5. The summed E-state index contributed by atoms with van der Waals surface area (Å²) >= 11 is 3.13. The molecule has 1 aromatic carbocycles. The molecule has 0 saturated heterocycles. The highest BCUT2D eigenvalue weighted by Gasteiger charge is 2.06. The number of carbonyl (C=O) groups is 1.